The fourth-order valence-electron chi connectivity index (χ4n) is 5.13. The smallest absolute Gasteiger partial charge is 0.410 e. The number of carbonyl (C=O) groups is 1. The molecule has 8 nitrogen and oxygen atoms in total. The number of aromatic nitrogens is 2. The monoisotopic (exact) mass is 472 g/mol. The van der Waals surface area contributed by atoms with E-state index in [9.17, 15) is 13.6 Å². The molecule has 4 heterocycles. The number of piperidine rings is 1. The minimum absolute atomic E-state index is 0.00952. The molecule has 0 N–H and O–H groups in total. The van der Waals surface area contributed by atoms with Gasteiger partial charge in [0.25, 0.3) is 0 Å². The summed E-state index contributed by atoms with van der Waals surface area (Å²) in [5.41, 5.74) is 0.757. The fraction of sp³-hybridized carbons (Fsp3) is 0.542. The van der Waals surface area contributed by atoms with Gasteiger partial charge in [0.05, 0.1) is 24.5 Å². The quantitative estimate of drug-likeness (QED) is 0.675. The molecule has 2 aromatic rings. The highest BCUT2D eigenvalue weighted by Crippen LogP contribution is 2.41. The number of halogens is 2. The van der Waals surface area contributed by atoms with E-state index in [1.165, 1.54) is 18.5 Å². The molecule has 1 aliphatic carbocycles. The molecule has 0 radical (unpaired) electrons. The van der Waals surface area contributed by atoms with E-state index in [0.717, 1.165) is 24.5 Å². The van der Waals surface area contributed by atoms with Gasteiger partial charge in [-0.25, -0.2) is 23.5 Å². The number of nitrogens with zero attached hydrogens (tertiary/aromatic N) is 4. The molecular weight excluding hydrogens is 446 g/mol. The van der Waals surface area contributed by atoms with Gasteiger partial charge in [0.1, 0.15) is 35.5 Å². The lowest BCUT2D eigenvalue weighted by molar-refractivity contribution is -0.111. The first-order valence-electron chi connectivity index (χ1n) is 11.7. The summed E-state index contributed by atoms with van der Waals surface area (Å²) >= 11 is 0. The number of hydrogen-bond acceptors (Lipinski definition) is 7. The van der Waals surface area contributed by atoms with Crippen LogP contribution in [0.15, 0.2) is 24.5 Å². The van der Waals surface area contributed by atoms with Crippen molar-refractivity contribution >= 4 is 17.6 Å². The third kappa shape index (κ3) is 3.83. The number of hydrogen-bond donors (Lipinski definition) is 0. The minimum atomic E-state index is -0.639. The number of ether oxygens (including phenoxy) is 3. The Morgan fingerprint density at radius 1 is 1.18 bits per heavy atom. The largest absolute Gasteiger partial charge is 0.473 e. The summed E-state index contributed by atoms with van der Waals surface area (Å²) in [5.74, 6) is -0.244. The number of anilines is 2. The lowest BCUT2D eigenvalue weighted by Gasteiger charge is -2.46. The van der Waals surface area contributed by atoms with Crippen molar-refractivity contribution in [3.8, 4) is 5.88 Å². The second-order valence-corrected chi connectivity index (χ2v) is 9.84. The summed E-state index contributed by atoms with van der Waals surface area (Å²) in [4.78, 5) is 24.9. The van der Waals surface area contributed by atoms with Crippen molar-refractivity contribution in [1.82, 2.24) is 14.9 Å². The zero-order chi connectivity index (χ0) is 23.4. The third-order valence-corrected chi connectivity index (χ3v) is 7.22. The van der Waals surface area contributed by atoms with E-state index >= 15 is 0 Å². The maximum Gasteiger partial charge on any atom is 0.410 e. The summed E-state index contributed by atoms with van der Waals surface area (Å²) in [5, 5.41) is 0. The van der Waals surface area contributed by atoms with Crippen molar-refractivity contribution in [2.45, 2.75) is 37.9 Å². The first kappa shape index (κ1) is 21.5. The van der Waals surface area contributed by atoms with Crippen LogP contribution in [0.5, 0.6) is 5.88 Å². The van der Waals surface area contributed by atoms with Crippen molar-refractivity contribution in [1.29, 1.82) is 0 Å². The van der Waals surface area contributed by atoms with E-state index < -0.39 is 11.6 Å². The highest BCUT2D eigenvalue weighted by molar-refractivity contribution is 5.69. The van der Waals surface area contributed by atoms with Gasteiger partial charge in [-0.15, -0.1) is 0 Å². The first-order valence-corrected chi connectivity index (χ1v) is 11.7. The van der Waals surface area contributed by atoms with Gasteiger partial charge in [-0.3, -0.25) is 0 Å². The first-order chi connectivity index (χ1) is 16.4. The normalized spacial score (nSPS) is 26.7. The van der Waals surface area contributed by atoms with Crippen LogP contribution in [0.3, 0.4) is 0 Å². The minimum Gasteiger partial charge on any atom is -0.473 e. The maximum atomic E-state index is 14.4. The van der Waals surface area contributed by atoms with Crippen molar-refractivity contribution in [2.24, 2.45) is 11.8 Å². The molecule has 4 aliphatic rings. The number of likely N-dealkylation sites (tertiary alicyclic amines) is 1. The highest BCUT2D eigenvalue weighted by Gasteiger charge is 2.47. The molecule has 34 heavy (non-hydrogen) atoms. The Balaban J connectivity index is 1.21. The molecule has 180 valence electrons. The predicted octanol–water partition coefficient (Wildman–Crippen LogP) is 3.46. The number of amides is 1. The summed E-state index contributed by atoms with van der Waals surface area (Å²) in [6, 6.07) is 3.52. The Kier molecular flexibility index (Phi) is 5.09. The Bertz CT molecular complexity index is 1110. The van der Waals surface area contributed by atoms with E-state index in [2.05, 4.69) is 9.97 Å². The van der Waals surface area contributed by atoms with E-state index in [4.69, 9.17) is 14.2 Å². The van der Waals surface area contributed by atoms with Gasteiger partial charge in [-0.1, -0.05) is 0 Å². The number of benzene rings is 1. The molecule has 2 saturated heterocycles. The molecule has 1 aromatic carbocycles. The fourth-order valence-corrected chi connectivity index (χ4v) is 5.13. The topological polar surface area (TPSA) is 77.0 Å². The van der Waals surface area contributed by atoms with Gasteiger partial charge in [0.2, 0.25) is 5.88 Å². The van der Waals surface area contributed by atoms with Gasteiger partial charge in [-0.05, 0) is 38.3 Å². The highest BCUT2D eigenvalue weighted by atomic mass is 19.1. The summed E-state index contributed by atoms with van der Waals surface area (Å²) in [7, 11) is 0. The van der Waals surface area contributed by atoms with Crippen LogP contribution in [0.25, 0.3) is 0 Å². The molecule has 6 rings (SSSR count). The van der Waals surface area contributed by atoms with E-state index in [1.54, 1.807) is 9.80 Å². The molecule has 10 heteroatoms. The second kappa shape index (κ2) is 8.04. The molecule has 1 saturated carbocycles. The van der Waals surface area contributed by atoms with Gasteiger partial charge < -0.3 is 24.0 Å². The average molecular weight is 472 g/mol. The van der Waals surface area contributed by atoms with Crippen molar-refractivity contribution in [2.75, 3.05) is 37.7 Å². The van der Waals surface area contributed by atoms with Crippen LogP contribution in [-0.4, -0.2) is 65.5 Å². The van der Waals surface area contributed by atoms with Crippen LogP contribution in [0.4, 0.5) is 25.1 Å². The average Bonchev–Trinajstić information content (AvgIpc) is 3.35. The van der Waals surface area contributed by atoms with Crippen LogP contribution in [0.1, 0.15) is 25.3 Å². The molecule has 3 fully saturated rings. The molecule has 3 aliphatic heterocycles. The van der Waals surface area contributed by atoms with Crippen LogP contribution in [0.2, 0.25) is 0 Å². The summed E-state index contributed by atoms with van der Waals surface area (Å²) in [6.45, 7) is 4.42. The maximum absolute atomic E-state index is 14.4. The van der Waals surface area contributed by atoms with Crippen LogP contribution >= 0.6 is 0 Å². The Labute approximate surface area is 195 Å². The lowest BCUT2D eigenvalue weighted by atomic mass is 9.84. The summed E-state index contributed by atoms with van der Waals surface area (Å²) in [6.07, 6.45) is 3.37. The molecular formula is C24H26F2N4O4. The number of carbonyl (C=O) groups excluding carboxylic acids is 1. The molecule has 1 amide bonds. The SMILES string of the molecule is CC1(OC(=O)N2CC3COCC(C2)C3Oc2ncnc3c2CCN3c2ccc(F)cc2F)CC1. The van der Waals surface area contributed by atoms with Crippen molar-refractivity contribution in [3.05, 3.63) is 41.7 Å². The van der Waals surface area contributed by atoms with E-state index in [1.807, 2.05) is 6.92 Å². The van der Waals surface area contributed by atoms with E-state index in [-0.39, 0.29) is 35.3 Å². The number of fused-ring (bicyclic) bond motifs is 3. The van der Waals surface area contributed by atoms with Gasteiger partial charge in [0.15, 0.2) is 0 Å². The Morgan fingerprint density at radius 2 is 1.94 bits per heavy atom. The standard InChI is InChI=1S/C24H26F2N4O4/c1-24(5-6-24)34-23(31)29-9-14-11-32-12-15(10-29)20(14)33-22-17-4-7-30(21(17)27-13-28-22)19-3-2-16(25)8-18(19)26/h2-3,8,13-15,20H,4-7,9-12H2,1H3. The molecule has 0 spiro atoms. The van der Waals surface area contributed by atoms with Crippen LogP contribution in [0, 0.1) is 23.5 Å². The molecule has 2 atom stereocenters. The Hall–Kier alpha value is -3.01. The second-order valence-electron chi connectivity index (χ2n) is 9.84. The van der Waals surface area contributed by atoms with E-state index in [0.29, 0.717) is 51.0 Å². The lowest BCUT2D eigenvalue weighted by Crippen LogP contribution is -2.59. The van der Waals surface area contributed by atoms with Crippen molar-refractivity contribution in [3.63, 3.8) is 0 Å². The molecule has 2 unspecified atom stereocenters. The number of rotatable bonds is 4. The predicted molar refractivity (Wildman–Crippen MR) is 117 cm³/mol. The summed E-state index contributed by atoms with van der Waals surface area (Å²) < 4.78 is 45.7. The van der Waals surface area contributed by atoms with Gasteiger partial charge in [-0.2, -0.15) is 0 Å². The van der Waals surface area contributed by atoms with Crippen LogP contribution < -0.4 is 9.64 Å². The van der Waals surface area contributed by atoms with Gasteiger partial charge >= 0.3 is 6.09 Å². The third-order valence-electron chi connectivity index (χ3n) is 7.22. The zero-order valence-electron chi connectivity index (χ0n) is 18.9. The van der Waals surface area contributed by atoms with Crippen molar-refractivity contribution < 1.29 is 27.8 Å². The van der Waals surface area contributed by atoms with Crippen LogP contribution in [-0.2, 0) is 15.9 Å². The molecule has 1 aromatic heterocycles. The zero-order valence-corrected chi connectivity index (χ0v) is 18.9. The Morgan fingerprint density at radius 3 is 2.65 bits per heavy atom. The van der Waals surface area contributed by atoms with Gasteiger partial charge in [0, 0.05) is 37.5 Å². The molecule has 2 bridgehead atoms.